The highest BCUT2D eigenvalue weighted by Crippen LogP contribution is 2.23. The molecule has 0 spiro atoms. The van der Waals surface area contributed by atoms with Crippen LogP contribution in [0.15, 0.2) is 47.5 Å². The number of carbonyl (C=O) groups is 2. The molecule has 0 unspecified atom stereocenters. The Labute approximate surface area is 155 Å². The molecule has 0 saturated heterocycles. The van der Waals surface area contributed by atoms with Crippen molar-refractivity contribution in [2.75, 3.05) is 7.11 Å². The van der Waals surface area contributed by atoms with Crippen molar-refractivity contribution < 1.29 is 14.3 Å². The van der Waals surface area contributed by atoms with Gasteiger partial charge in [0.1, 0.15) is 6.54 Å². The number of carbonyl (C=O) groups excluding carboxylic acids is 2. The van der Waals surface area contributed by atoms with Crippen LogP contribution in [0.3, 0.4) is 0 Å². The van der Waals surface area contributed by atoms with E-state index in [0.717, 1.165) is 26.9 Å². The smallest absolute Gasteiger partial charge is 0.325 e. The first-order valence-electron chi connectivity index (χ1n) is 8.27. The largest absolute Gasteiger partial charge is 0.468 e. The second-order valence-corrected chi connectivity index (χ2v) is 7.12. The van der Waals surface area contributed by atoms with Gasteiger partial charge in [-0.1, -0.05) is 47.7 Å². The molecule has 1 heterocycles. The van der Waals surface area contributed by atoms with Crippen LogP contribution in [0.25, 0.3) is 10.2 Å². The number of ether oxygens (including phenoxy) is 1. The van der Waals surface area contributed by atoms with Crippen molar-refractivity contribution in [3.8, 4) is 0 Å². The van der Waals surface area contributed by atoms with Gasteiger partial charge in [0.25, 0.3) is 5.91 Å². The van der Waals surface area contributed by atoms with Gasteiger partial charge < -0.3 is 9.30 Å². The number of aryl methyl sites for hydroxylation is 2. The molecule has 3 rings (SSSR count). The molecular formula is C20H20N2O3S. The summed E-state index contributed by atoms with van der Waals surface area (Å²) < 4.78 is 7.58. The predicted molar refractivity (Wildman–Crippen MR) is 102 cm³/mol. The van der Waals surface area contributed by atoms with Crippen molar-refractivity contribution in [1.82, 2.24) is 4.57 Å². The van der Waals surface area contributed by atoms with Crippen molar-refractivity contribution in [3.63, 3.8) is 0 Å². The number of amides is 1. The molecule has 0 aliphatic rings. The maximum absolute atomic E-state index is 12.4. The molecular weight excluding hydrogens is 348 g/mol. The Balaban J connectivity index is 2.08. The molecule has 0 atom stereocenters. The summed E-state index contributed by atoms with van der Waals surface area (Å²) in [4.78, 5) is 29.1. The number of nitrogens with zero attached hydrogens (tertiary/aromatic N) is 2. The molecule has 0 radical (unpaired) electrons. The van der Waals surface area contributed by atoms with E-state index in [1.807, 2.05) is 50.2 Å². The van der Waals surface area contributed by atoms with E-state index in [1.54, 1.807) is 4.57 Å². The Morgan fingerprint density at radius 3 is 2.58 bits per heavy atom. The molecule has 1 aromatic heterocycles. The minimum absolute atomic E-state index is 0.0246. The molecule has 3 aromatic rings. The number of aromatic nitrogens is 1. The molecule has 0 aliphatic carbocycles. The molecule has 134 valence electrons. The van der Waals surface area contributed by atoms with E-state index < -0.39 is 0 Å². The van der Waals surface area contributed by atoms with E-state index in [9.17, 15) is 9.59 Å². The highest BCUT2D eigenvalue weighted by molar-refractivity contribution is 7.16. The van der Waals surface area contributed by atoms with Gasteiger partial charge >= 0.3 is 5.97 Å². The SMILES string of the molecule is COC(=O)Cn1c(=NC(=O)Cc2ccccc2)sc2c(C)cc(C)cc21. The first kappa shape index (κ1) is 18.1. The monoisotopic (exact) mass is 368 g/mol. The molecule has 5 nitrogen and oxygen atoms in total. The van der Waals surface area contributed by atoms with Crippen LogP contribution >= 0.6 is 11.3 Å². The van der Waals surface area contributed by atoms with Crippen LogP contribution in [0, 0.1) is 13.8 Å². The van der Waals surface area contributed by atoms with Crippen molar-refractivity contribution >= 4 is 33.4 Å². The summed E-state index contributed by atoms with van der Waals surface area (Å²) in [5.41, 5.74) is 3.99. The minimum Gasteiger partial charge on any atom is -0.468 e. The van der Waals surface area contributed by atoms with Crippen molar-refractivity contribution in [2.24, 2.45) is 4.99 Å². The summed E-state index contributed by atoms with van der Waals surface area (Å²) in [6.07, 6.45) is 0.227. The Morgan fingerprint density at radius 1 is 1.15 bits per heavy atom. The fraction of sp³-hybridized carbons (Fsp3) is 0.250. The van der Waals surface area contributed by atoms with Crippen molar-refractivity contribution in [1.29, 1.82) is 0 Å². The summed E-state index contributed by atoms with van der Waals surface area (Å²) in [5, 5.41) is 0. The van der Waals surface area contributed by atoms with E-state index in [2.05, 4.69) is 11.1 Å². The van der Waals surface area contributed by atoms with Crippen LogP contribution in [-0.4, -0.2) is 23.6 Å². The van der Waals surface area contributed by atoms with Crippen LogP contribution in [0.5, 0.6) is 0 Å². The zero-order chi connectivity index (χ0) is 18.7. The average Bonchev–Trinajstić information content (AvgIpc) is 2.93. The summed E-state index contributed by atoms with van der Waals surface area (Å²) in [7, 11) is 1.35. The van der Waals surface area contributed by atoms with Crippen LogP contribution < -0.4 is 4.80 Å². The number of hydrogen-bond acceptors (Lipinski definition) is 4. The van der Waals surface area contributed by atoms with Gasteiger partial charge in [-0.05, 0) is 36.6 Å². The number of benzene rings is 2. The van der Waals surface area contributed by atoms with Crippen LogP contribution in [0.4, 0.5) is 0 Å². The van der Waals surface area contributed by atoms with Gasteiger partial charge in [-0.15, -0.1) is 0 Å². The molecule has 1 amide bonds. The lowest BCUT2D eigenvalue weighted by Crippen LogP contribution is -2.22. The Hall–Kier alpha value is -2.73. The molecule has 2 aromatic carbocycles. The molecule has 0 aliphatic heterocycles. The summed E-state index contributed by atoms with van der Waals surface area (Å²) in [6.45, 7) is 4.05. The zero-order valence-corrected chi connectivity index (χ0v) is 15.8. The summed E-state index contributed by atoms with van der Waals surface area (Å²) in [5.74, 6) is -0.614. The van der Waals surface area contributed by atoms with E-state index >= 15 is 0 Å². The van der Waals surface area contributed by atoms with Crippen LogP contribution in [0.2, 0.25) is 0 Å². The third-order valence-corrected chi connectivity index (χ3v) is 5.28. The van der Waals surface area contributed by atoms with Crippen LogP contribution in [-0.2, 0) is 27.3 Å². The topological polar surface area (TPSA) is 60.7 Å². The second kappa shape index (κ2) is 7.66. The molecule has 26 heavy (non-hydrogen) atoms. The van der Waals surface area contributed by atoms with E-state index in [-0.39, 0.29) is 24.8 Å². The van der Waals surface area contributed by atoms with Gasteiger partial charge in [0.15, 0.2) is 4.80 Å². The second-order valence-electron chi connectivity index (χ2n) is 6.14. The Bertz CT molecular complexity index is 1030. The molecule has 0 bridgehead atoms. The van der Waals surface area contributed by atoms with Crippen LogP contribution in [0.1, 0.15) is 16.7 Å². The Morgan fingerprint density at radius 2 is 1.88 bits per heavy atom. The lowest BCUT2D eigenvalue weighted by atomic mass is 10.1. The van der Waals surface area contributed by atoms with Gasteiger partial charge in [0.05, 0.1) is 23.7 Å². The van der Waals surface area contributed by atoms with Crippen molar-refractivity contribution in [3.05, 3.63) is 64.0 Å². The van der Waals surface area contributed by atoms with Gasteiger partial charge in [-0.3, -0.25) is 9.59 Å². The summed E-state index contributed by atoms with van der Waals surface area (Å²) >= 11 is 1.42. The standard InChI is InChI=1S/C20H20N2O3S/c1-13-9-14(2)19-16(10-13)22(12-18(24)25-3)20(26-19)21-17(23)11-15-7-5-4-6-8-15/h4-10H,11-12H2,1-3H3. The predicted octanol–water partition coefficient (Wildman–Crippen LogP) is 3.16. The third-order valence-electron chi connectivity index (χ3n) is 4.05. The van der Waals surface area contributed by atoms with E-state index in [1.165, 1.54) is 18.4 Å². The maximum atomic E-state index is 12.4. The number of rotatable bonds is 4. The number of esters is 1. The zero-order valence-electron chi connectivity index (χ0n) is 15.0. The normalized spacial score (nSPS) is 11.7. The fourth-order valence-electron chi connectivity index (χ4n) is 2.86. The highest BCUT2D eigenvalue weighted by Gasteiger charge is 2.14. The number of thiazole rings is 1. The Kier molecular flexibility index (Phi) is 5.32. The van der Waals surface area contributed by atoms with Crippen molar-refractivity contribution in [2.45, 2.75) is 26.8 Å². The molecule has 0 saturated carbocycles. The third kappa shape index (κ3) is 3.91. The van der Waals surface area contributed by atoms with Gasteiger partial charge in [0, 0.05) is 0 Å². The molecule has 0 fully saturated rings. The number of hydrogen-bond donors (Lipinski definition) is 0. The van der Waals surface area contributed by atoms with E-state index in [4.69, 9.17) is 4.74 Å². The maximum Gasteiger partial charge on any atom is 0.325 e. The highest BCUT2D eigenvalue weighted by atomic mass is 32.1. The first-order valence-corrected chi connectivity index (χ1v) is 9.08. The molecule has 6 heteroatoms. The lowest BCUT2D eigenvalue weighted by Gasteiger charge is -2.05. The van der Waals surface area contributed by atoms with Gasteiger partial charge in [0.2, 0.25) is 0 Å². The van der Waals surface area contributed by atoms with Gasteiger partial charge in [-0.2, -0.15) is 4.99 Å². The fourth-order valence-corrected chi connectivity index (χ4v) is 3.96. The number of methoxy groups -OCH3 is 1. The first-order chi connectivity index (χ1) is 12.5. The average molecular weight is 368 g/mol. The molecule has 0 N–H and O–H groups in total. The summed E-state index contributed by atoms with van der Waals surface area (Å²) in [6, 6.07) is 13.6. The van der Waals surface area contributed by atoms with Gasteiger partial charge in [-0.25, -0.2) is 0 Å². The lowest BCUT2D eigenvalue weighted by molar-refractivity contribution is -0.141. The van der Waals surface area contributed by atoms with E-state index in [0.29, 0.717) is 4.80 Å². The number of fused-ring (bicyclic) bond motifs is 1. The minimum atomic E-state index is -0.374. The quantitative estimate of drug-likeness (QED) is 0.665.